The molecule has 0 bridgehead atoms. The zero-order chi connectivity index (χ0) is 14.6. The van der Waals surface area contributed by atoms with Gasteiger partial charge in [-0.3, -0.25) is 4.79 Å². The highest BCUT2D eigenvalue weighted by Gasteiger charge is 2.18. The van der Waals surface area contributed by atoms with Crippen LogP contribution >= 0.6 is 34.2 Å². The van der Waals surface area contributed by atoms with Crippen molar-refractivity contribution in [3.63, 3.8) is 0 Å². The molecular formula is C14H19ClINO2. The van der Waals surface area contributed by atoms with Gasteiger partial charge in [0.15, 0.2) is 0 Å². The summed E-state index contributed by atoms with van der Waals surface area (Å²) in [5.74, 6) is -0.310. The van der Waals surface area contributed by atoms with Crippen molar-refractivity contribution in [2.75, 3.05) is 6.54 Å². The normalized spacial score (nSPS) is 13.1. The summed E-state index contributed by atoms with van der Waals surface area (Å²) in [6, 6.07) is 4.92. The minimum atomic E-state index is -0.296. The van der Waals surface area contributed by atoms with E-state index in [9.17, 15) is 9.90 Å². The van der Waals surface area contributed by atoms with Crippen molar-refractivity contribution in [3.05, 3.63) is 27.3 Å². The van der Waals surface area contributed by atoms with E-state index in [0.29, 0.717) is 6.54 Å². The standard InChI is InChI=1S/C14H19ClINO2/c1-14(2,3)7-9(15)8-17-13(19)11-6-10(16)4-5-12(11)18/h4-6,9,18H,7-8H2,1-3H3,(H,17,19). The second kappa shape index (κ2) is 6.79. The van der Waals surface area contributed by atoms with Gasteiger partial charge in [-0.05, 0) is 52.6 Å². The molecule has 0 saturated carbocycles. The molecule has 1 atom stereocenters. The molecule has 1 aromatic carbocycles. The number of halogens is 2. The molecular weight excluding hydrogens is 377 g/mol. The third-order valence-electron chi connectivity index (χ3n) is 2.52. The van der Waals surface area contributed by atoms with E-state index < -0.39 is 0 Å². The van der Waals surface area contributed by atoms with Gasteiger partial charge < -0.3 is 10.4 Å². The summed E-state index contributed by atoms with van der Waals surface area (Å²) in [5.41, 5.74) is 0.410. The molecule has 0 aromatic heterocycles. The summed E-state index contributed by atoms with van der Waals surface area (Å²) in [7, 11) is 0. The number of aromatic hydroxyl groups is 1. The van der Waals surface area contributed by atoms with Crippen LogP contribution in [0.3, 0.4) is 0 Å². The van der Waals surface area contributed by atoms with Crippen LogP contribution in [0.25, 0.3) is 0 Å². The second-order valence-electron chi connectivity index (χ2n) is 5.73. The Morgan fingerprint density at radius 1 is 1.47 bits per heavy atom. The number of benzene rings is 1. The first-order chi connectivity index (χ1) is 8.69. The van der Waals surface area contributed by atoms with Gasteiger partial charge in [-0.2, -0.15) is 0 Å². The molecule has 106 valence electrons. The van der Waals surface area contributed by atoms with Gasteiger partial charge in [0, 0.05) is 10.1 Å². The third-order valence-corrected chi connectivity index (χ3v) is 3.50. The molecule has 19 heavy (non-hydrogen) atoms. The highest BCUT2D eigenvalue weighted by Crippen LogP contribution is 2.23. The van der Waals surface area contributed by atoms with Crippen molar-refractivity contribution in [1.29, 1.82) is 0 Å². The number of rotatable bonds is 4. The van der Waals surface area contributed by atoms with Gasteiger partial charge in [-0.25, -0.2) is 0 Å². The topological polar surface area (TPSA) is 49.3 Å². The van der Waals surface area contributed by atoms with Crippen molar-refractivity contribution in [2.45, 2.75) is 32.6 Å². The van der Waals surface area contributed by atoms with Crippen LogP contribution < -0.4 is 5.32 Å². The first kappa shape index (κ1) is 16.6. The predicted molar refractivity (Wildman–Crippen MR) is 86.9 cm³/mol. The molecule has 0 aliphatic heterocycles. The van der Waals surface area contributed by atoms with Crippen molar-refractivity contribution in [1.82, 2.24) is 5.32 Å². The SMILES string of the molecule is CC(C)(C)CC(Cl)CNC(=O)c1cc(I)ccc1O. The summed E-state index contributed by atoms with van der Waals surface area (Å²) < 4.78 is 0.901. The van der Waals surface area contributed by atoms with Gasteiger partial charge in [0.1, 0.15) is 5.75 Å². The molecule has 1 amide bonds. The first-order valence-electron chi connectivity index (χ1n) is 6.10. The smallest absolute Gasteiger partial charge is 0.255 e. The van der Waals surface area contributed by atoms with E-state index in [4.69, 9.17) is 11.6 Å². The number of amides is 1. The summed E-state index contributed by atoms with van der Waals surface area (Å²) in [6.07, 6.45) is 0.813. The van der Waals surface area contributed by atoms with Gasteiger partial charge in [0.25, 0.3) is 5.91 Å². The Balaban J connectivity index is 2.58. The summed E-state index contributed by atoms with van der Waals surface area (Å²) in [4.78, 5) is 12.0. The molecule has 1 rings (SSSR count). The van der Waals surface area contributed by atoms with Crippen LogP contribution in [0.1, 0.15) is 37.6 Å². The summed E-state index contributed by atoms with van der Waals surface area (Å²) >= 11 is 8.29. The fraction of sp³-hybridized carbons (Fsp3) is 0.500. The maximum Gasteiger partial charge on any atom is 0.255 e. The average molecular weight is 396 g/mol. The minimum absolute atomic E-state index is 0.0140. The molecule has 0 aliphatic rings. The van der Waals surface area contributed by atoms with E-state index in [1.54, 1.807) is 12.1 Å². The number of carbonyl (C=O) groups is 1. The lowest BCUT2D eigenvalue weighted by Gasteiger charge is -2.22. The number of phenolic OH excluding ortho intramolecular Hbond substituents is 1. The Morgan fingerprint density at radius 3 is 2.68 bits per heavy atom. The maximum atomic E-state index is 12.0. The van der Waals surface area contributed by atoms with Crippen molar-refractivity contribution in [2.24, 2.45) is 5.41 Å². The molecule has 1 aromatic rings. The highest BCUT2D eigenvalue weighted by molar-refractivity contribution is 14.1. The lowest BCUT2D eigenvalue weighted by Crippen LogP contribution is -2.31. The van der Waals surface area contributed by atoms with Gasteiger partial charge in [-0.1, -0.05) is 20.8 Å². The van der Waals surface area contributed by atoms with Crippen molar-refractivity contribution in [3.8, 4) is 5.75 Å². The number of nitrogens with one attached hydrogen (secondary N) is 1. The molecule has 0 saturated heterocycles. The molecule has 0 aliphatic carbocycles. The third kappa shape index (κ3) is 5.99. The molecule has 1 unspecified atom stereocenters. The summed E-state index contributed by atoms with van der Waals surface area (Å²) in [6.45, 7) is 6.71. The highest BCUT2D eigenvalue weighted by atomic mass is 127. The Morgan fingerprint density at radius 2 is 2.11 bits per heavy atom. The molecule has 2 N–H and O–H groups in total. The zero-order valence-corrected chi connectivity index (χ0v) is 14.2. The van der Waals surface area contributed by atoms with Gasteiger partial charge in [-0.15, -0.1) is 11.6 Å². The van der Waals surface area contributed by atoms with E-state index in [0.717, 1.165) is 9.99 Å². The van der Waals surface area contributed by atoms with E-state index in [-0.39, 0.29) is 28.0 Å². The number of alkyl halides is 1. The fourth-order valence-electron chi connectivity index (χ4n) is 1.73. The average Bonchev–Trinajstić information content (AvgIpc) is 2.27. The predicted octanol–water partition coefficient (Wildman–Crippen LogP) is 3.77. The zero-order valence-electron chi connectivity index (χ0n) is 11.3. The van der Waals surface area contributed by atoms with E-state index in [1.807, 2.05) is 0 Å². The van der Waals surface area contributed by atoms with Crippen LogP contribution in [0.15, 0.2) is 18.2 Å². The first-order valence-corrected chi connectivity index (χ1v) is 7.61. The second-order valence-corrected chi connectivity index (χ2v) is 7.60. The van der Waals surface area contributed by atoms with E-state index in [1.165, 1.54) is 6.07 Å². The molecule has 0 spiro atoms. The molecule has 5 heteroatoms. The van der Waals surface area contributed by atoms with Crippen molar-refractivity contribution >= 4 is 40.1 Å². The summed E-state index contributed by atoms with van der Waals surface area (Å²) in [5, 5.41) is 12.3. The van der Waals surface area contributed by atoms with Crippen LogP contribution in [-0.4, -0.2) is 22.9 Å². The number of hydrogen-bond donors (Lipinski definition) is 2. The van der Waals surface area contributed by atoms with Crippen LogP contribution in [0.5, 0.6) is 5.75 Å². The molecule has 0 fully saturated rings. The van der Waals surface area contributed by atoms with Crippen LogP contribution in [0.4, 0.5) is 0 Å². The van der Waals surface area contributed by atoms with E-state index in [2.05, 4.69) is 48.7 Å². The van der Waals surface area contributed by atoms with E-state index >= 15 is 0 Å². The monoisotopic (exact) mass is 395 g/mol. The van der Waals surface area contributed by atoms with Gasteiger partial charge in [0.05, 0.1) is 10.9 Å². The molecule has 0 radical (unpaired) electrons. The number of carbonyl (C=O) groups excluding carboxylic acids is 1. The molecule has 3 nitrogen and oxygen atoms in total. The van der Waals surface area contributed by atoms with Gasteiger partial charge in [0.2, 0.25) is 0 Å². The van der Waals surface area contributed by atoms with Crippen LogP contribution in [0.2, 0.25) is 0 Å². The fourth-order valence-corrected chi connectivity index (χ4v) is 2.76. The minimum Gasteiger partial charge on any atom is -0.507 e. The Hall–Kier alpha value is -0.490. The largest absolute Gasteiger partial charge is 0.507 e. The van der Waals surface area contributed by atoms with Crippen LogP contribution in [0, 0.1) is 8.99 Å². The Bertz CT molecular complexity index is 457. The van der Waals surface area contributed by atoms with Crippen molar-refractivity contribution < 1.29 is 9.90 Å². The van der Waals surface area contributed by atoms with Gasteiger partial charge >= 0.3 is 0 Å². The Kier molecular flexibility index (Phi) is 5.92. The Labute approximate surface area is 132 Å². The maximum absolute atomic E-state index is 12.0. The lowest BCUT2D eigenvalue weighted by atomic mass is 9.90. The number of hydrogen-bond acceptors (Lipinski definition) is 2. The van der Waals surface area contributed by atoms with Crippen LogP contribution in [-0.2, 0) is 0 Å². The quantitative estimate of drug-likeness (QED) is 0.602. The number of phenols is 1. The molecule has 0 heterocycles. The lowest BCUT2D eigenvalue weighted by molar-refractivity contribution is 0.0949.